The van der Waals surface area contributed by atoms with Gasteiger partial charge in [0.05, 0.1) is 20.3 Å². The van der Waals surface area contributed by atoms with E-state index in [-0.39, 0.29) is 5.41 Å². The zero-order chi connectivity index (χ0) is 19.8. The van der Waals surface area contributed by atoms with Gasteiger partial charge in [-0.25, -0.2) is 0 Å². The van der Waals surface area contributed by atoms with Crippen LogP contribution in [-0.4, -0.2) is 39.4 Å². The monoisotopic (exact) mass is 383 g/mol. The van der Waals surface area contributed by atoms with E-state index in [0.29, 0.717) is 19.1 Å². The summed E-state index contributed by atoms with van der Waals surface area (Å²) in [5, 5.41) is 3.15. The van der Waals surface area contributed by atoms with Gasteiger partial charge in [-0.1, -0.05) is 12.1 Å². The third kappa shape index (κ3) is 4.95. The van der Waals surface area contributed by atoms with Crippen molar-refractivity contribution in [1.29, 1.82) is 0 Å². The van der Waals surface area contributed by atoms with Crippen LogP contribution in [0.4, 0.5) is 5.69 Å². The van der Waals surface area contributed by atoms with E-state index in [2.05, 4.69) is 22.4 Å². The molecule has 6 nitrogen and oxygen atoms in total. The average Bonchev–Trinajstić information content (AvgIpc) is 2.74. The molecule has 3 N–H and O–H groups in total. The Morgan fingerprint density at radius 2 is 1.71 bits per heavy atom. The van der Waals surface area contributed by atoms with Crippen molar-refractivity contribution < 1.29 is 14.2 Å². The number of benzene rings is 2. The van der Waals surface area contributed by atoms with Gasteiger partial charge in [-0.2, -0.15) is 0 Å². The summed E-state index contributed by atoms with van der Waals surface area (Å²) < 4.78 is 16.3. The highest BCUT2D eigenvalue weighted by Crippen LogP contribution is 2.36. The normalized spacial score (nSPS) is 16.4. The van der Waals surface area contributed by atoms with Crippen LogP contribution in [0.15, 0.2) is 53.5 Å². The topological polar surface area (TPSA) is 78.1 Å². The molecule has 1 heterocycles. The third-order valence-corrected chi connectivity index (χ3v) is 5.14. The Morgan fingerprint density at radius 1 is 1.07 bits per heavy atom. The van der Waals surface area contributed by atoms with Gasteiger partial charge >= 0.3 is 0 Å². The minimum absolute atomic E-state index is 0.0742. The Hall–Kier alpha value is -2.73. The summed E-state index contributed by atoms with van der Waals surface area (Å²) in [6.45, 7) is 4.72. The highest BCUT2D eigenvalue weighted by atomic mass is 16.5. The Kier molecular flexibility index (Phi) is 6.76. The van der Waals surface area contributed by atoms with Crippen molar-refractivity contribution in [2.45, 2.75) is 25.2 Å². The molecule has 6 heteroatoms. The number of guanidine groups is 1. The van der Waals surface area contributed by atoms with Crippen LogP contribution in [0, 0.1) is 0 Å². The lowest BCUT2D eigenvalue weighted by molar-refractivity contribution is 0.0531. The van der Waals surface area contributed by atoms with Crippen molar-refractivity contribution in [2.24, 2.45) is 10.7 Å². The first-order valence-corrected chi connectivity index (χ1v) is 9.67. The van der Waals surface area contributed by atoms with Gasteiger partial charge in [0.2, 0.25) is 0 Å². The Morgan fingerprint density at radius 3 is 2.32 bits per heavy atom. The van der Waals surface area contributed by atoms with Crippen LogP contribution in [0.25, 0.3) is 0 Å². The van der Waals surface area contributed by atoms with Gasteiger partial charge in [0.1, 0.15) is 11.5 Å². The minimum Gasteiger partial charge on any atom is -0.497 e. The van der Waals surface area contributed by atoms with Gasteiger partial charge in [0.15, 0.2) is 5.96 Å². The molecule has 2 aromatic rings. The largest absolute Gasteiger partial charge is 0.497 e. The van der Waals surface area contributed by atoms with Crippen LogP contribution in [0.3, 0.4) is 0 Å². The molecule has 2 aromatic carbocycles. The standard InChI is InChI=1S/C22H29N3O3/c1-3-28-20-8-4-17(5-9-20)22(12-14-27-15-13-22)16-24-21(23)25-18-6-10-19(26-2)11-7-18/h4-11H,3,12-16H2,1-2H3,(H3,23,24,25). The number of methoxy groups -OCH3 is 1. The summed E-state index contributed by atoms with van der Waals surface area (Å²) in [5.74, 6) is 2.09. The Bertz CT molecular complexity index is 767. The molecule has 28 heavy (non-hydrogen) atoms. The molecule has 0 unspecified atom stereocenters. The number of rotatable bonds is 7. The van der Waals surface area contributed by atoms with Crippen molar-refractivity contribution in [3.63, 3.8) is 0 Å². The highest BCUT2D eigenvalue weighted by molar-refractivity contribution is 5.92. The SMILES string of the molecule is CCOc1ccc(C2(CN=C(N)Nc3ccc(OC)cc3)CCOCC2)cc1. The third-order valence-electron chi connectivity index (χ3n) is 5.14. The first-order chi connectivity index (χ1) is 13.6. The number of hydrogen-bond acceptors (Lipinski definition) is 4. The fourth-order valence-electron chi connectivity index (χ4n) is 3.47. The Labute approximate surface area is 166 Å². The molecule has 1 fully saturated rings. The van der Waals surface area contributed by atoms with Crippen LogP contribution >= 0.6 is 0 Å². The zero-order valence-electron chi connectivity index (χ0n) is 16.6. The molecule has 0 aliphatic carbocycles. The van der Waals surface area contributed by atoms with Crippen molar-refractivity contribution in [2.75, 3.05) is 38.8 Å². The molecule has 0 saturated carbocycles. The first-order valence-electron chi connectivity index (χ1n) is 9.67. The molecule has 0 bridgehead atoms. The maximum Gasteiger partial charge on any atom is 0.193 e. The number of ether oxygens (including phenoxy) is 3. The van der Waals surface area contributed by atoms with Crippen molar-refractivity contribution in [3.8, 4) is 11.5 Å². The summed E-state index contributed by atoms with van der Waals surface area (Å²) in [4.78, 5) is 4.66. The lowest BCUT2D eigenvalue weighted by Gasteiger charge is -2.36. The molecular formula is C22H29N3O3. The van der Waals surface area contributed by atoms with E-state index in [1.807, 2.05) is 43.3 Å². The molecular weight excluding hydrogens is 354 g/mol. The quantitative estimate of drug-likeness (QED) is 0.565. The van der Waals surface area contributed by atoms with Crippen LogP contribution in [0.2, 0.25) is 0 Å². The molecule has 1 aliphatic rings. The fourth-order valence-corrected chi connectivity index (χ4v) is 3.47. The summed E-state index contributed by atoms with van der Waals surface area (Å²) >= 11 is 0. The Balaban J connectivity index is 1.73. The zero-order valence-corrected chi connectivity index (χ0v) is 16.6. The van der Waals surface area contributed by atoms with Crippen molar-refractivity contribution in [3.05, 3.63) is 54.1 Å². The molecule has 0 atom stereocenters. The molecule has 1 aliphatic heterocycles. The van der Waals surface area contributed by atoms with E-state index >= 15 is 0 Å². The second-order valence-corrected chi connectivity index (χ2v) is 6.91. The van der Waals surface area contributed by atoms with E-state index in [1.54, 1.807) is 7.11 Å². The second-order valence-electron chi connectivity index (χ2n) is 6.91. The summed E-state index contributed by atoms with van der Waals surface area (Å²) in [5.41, 5.74) is 8.21. The second kappa shape index (κ2) is 9.46. The maximum atomic E-state index is 6.15. The maximum absolute atomic E-state index is 6.15. The summed E-state index contributed by atoms with van der Waals surface area (Å²) in [6.07, 6.45) is 1.83. The number of aliphatic imine (C=N–C) groups is 1. The molecule has 3 rings (SSSR count). The predicted molar refractivity (Wildman–Crippen MR) is 112 cm³/mol. The summed E-state index contributed by atoms with van der Waals surface area (Å²) in [6, 6.07) is 15.9. The number of nitrogens with one attached hydrogen (secondary N) is 1. The number of nitrogens with two attached hydrogens (primary N) is 1. The van der Waals surface area contributed by atoms with E-state index in [1.165, 1.54) is 5.56 Å². The van der Waals surface area contributed by atoms with E-state index in [0.717, 1.165) is 43.2 Å². The van der Waals surface area contributed by atoms with Crippen LogP contribution < -0.4 is 20.5 Å². The van der Waals surface area contributed by atoms with Crippen molar-refractivity contribution >= 4 is 11.6 Å². The van der Waals surface area contributed by atoms with Crippen LogP contribution in [-0.2, 0) is 10.2 Å². The lowest BCUT2D eigenvalue weighted by Crippen LogP contribution is -2.38. The molecule has 150 valence electrons. The van der Waals surface area contributed by atoms with Crippen LogP contribution in [0.5, 0.6) is 11.5 Å². The van der Waals surface area contributed by atoms with E-state index in [9.17, 15) is 0 Å². The number of hydrogen-bond donors (Lipinski definition) is 2. The highest BCUT2D eigenvalue weighted by Gasteiger charge is 2.34. The van der Waals surface area contributed by atoms with Gasteiger partial charge in [-0.15, -0.1) is 0 Å². The minimum atomic E-state index is -0.0742. The van der Waals surface area contributed by atoms with Gasteiger partial charge in [0, 0.05) is 24.3 Å². The molecule has 1 saturated heterocycles. The number of anilines is 1. The summed E-state index contributed by atoms with van der Waals surface area (Å²) in [7, 11) is 1.65. The smallest absolute Gasteiger partial charge is 0.193 e. The average molecular weight is 383 g/mol. The predicted octanol–water partition coefficient (Wildman–Crippen LogP) is 3.57. The fraction of sp³-hybridized carbons (Fsp3) is 0.409. The van der Waals surface area contributed by atoms with Gasteiger partial charge in [0.25, 0.3) is 0 Å². The van der Waals surface area contributed by atoms with Gasteiger partial charge < -0.3 is 25.3 Å². The molecule has 0 spiro atoms. The van der Waals surface area contributed by atoms with Crippen molar-refractivity contribution in [1.82, 2.24) is 0 Å². The first kappa shape index (κ1) is 20.0. The van der Waals surface area contributed by atoms with E-state index in [4.69, 9.17) is 19.9 Å². The molecule has 0 radical (unpaired) electrons. The van der Waals surface area contributed by atoms with Crippen LogP contribution in [0.1, 0.15) is 25.3 Å². The number of nitrogens with zero attached hydrogens (tertiary/aromatic N) is 1. The van der Waals surface area contributed by atoms with Gasteiger partial charge in [-0.05, 0) is 61.7 Å². The van der Waals surface area contributed by atoms with E-state index < -0.39 is 0 Å². The van der Waals surface area contributed by atoms with Gasteiger partial charge in [-0.3, -0.25) is 4.99 Å². The molecule has 0 aromatic heterocycles. The lowest BCUT2D eigenvalue weighted by atomic mass is 9.74. The molecule has 0 amide bonds.